The second-order valence-corrected chi connectivity index (χ2v) is 7.45. The molecule has 7 nitrogen and oxygen atoms in total. The normalized spacial score (nSPS) is 12.9. The number of nitro groups is 1. The van der Waals surface area contributed by atoms with Gasteiger partial charge in [-0.05, 0) is 40.5 Å². The molecule has 1 aliphatic heterocycles. The smallest absolute Gasteiger partial charge is 0.337 e. The minimum atomic E-state index is -0.419. The van der Waals surface area contributed by atoms with Gasteiger partial charge >= 0.3 is 11.7 Å². The average Bonchev–Trinajstić information content (AvgIpc) is 3.20. The Bertz CT molecular complexity index is 1090. The van der Waals surface area contributed by atoms with E-state index in [4.69, 9.17) is 4.74 Å². The number of carbonyl (C=O) groups excluding carboxylic acids is 1. The van der Waals surface area contributed by atoms with Crippen LogP contribution in [-0.2, 0) is 31.0 Å². The molecule has 0 aromatic heterocycles. The van der Waals surface area contributed by atoms with Crippen molar-refractivity contribution < 1.29 is 19.2 Å². The lowest BCUT2D eigenvalue weighted by molar-refractivity contribution is -0.386. The maximum Gasteiger partial charge on any atom is 0.337 e. The molecule has 31 heavy (non-hydrogen) atoms. The zero-order valence-corrected chi connectivity index (χ0v) is 17.1. The summed E-state index contributed by atoms with van der Waals surface area (Å²) in [5.74, 6) is -0.199. The molecule has 1 aliphatic rings. The third-order valence-electron chi connectivity index (χ3n) is 5.30. The molecule has 7 heteroatoms. The first-order valence-electron chi connectivity index (χ1n) is 9.90. The number of nitrogens with zero attached hydrogens (tertiary/aromatic N) is 2. The van der Waals surface area contributed by atoms with E-state index in [1.807, 2.05) is 18.2 Å². The van der Waals surface area contributed by atoms with Crippen molar-refractivity contribution in [2.45, 2.75) is 26.2 Å². The van der Waals surface area contributed by atoms with Gasteiger partial charge in [0.05, 0.1) is 17.6 Å². The first-order valence-corrected chi connectivity index (χ1v) is 9.90. The van der Waals surface area contributed by atoms with Crippen molar-refractivity contribution in [1.82, 2.24) is 4.90 Å². The molecular formula is C24H22N2O5. The van der Waals surface area contributed by atoms with Crippen LogP contribution in [0.15, 0.2) is 66.7 Å². The molecule has 0 atom stereocenters. The van der Waals surface area contributed by atoms with E-state index in [-0.39, 0.29) is 18.0 Å². The maximum absolute atomic E-state index is 11.6. The molecule has 0 saturated heterocycles. The Morgan fingerprint density at radius 2 is 1.65 bits per heavy atom. The molecule has 0 amide bonds. The second kappa shape index (κ2) is 8.97. The van der Waals surface area contributed by atoms with Crippen molar-refractivity contribution in [1.29, 1.82) is 0 Å². The van der Waals surface area contributed by atoms with Crippen LogP contribution in [0, 0.1) is 10.1 Å². The molecule has 1 heterocycles. The number of rotatable bonds is 7. The van der Waals surface area contributed by atoms with Crippen LogP contribution in [0.25, 0.3) is 0 Å². The number of fused-ring (bicyclic) bond motifs is 1. The Hall–Kier alpha value is -3.71. The van der Waals surface area contributed by atoms with E-state index in [9.17, 15) is 14.9 Å². The highest BCUT2D eigenvalue weighted by molar-refractivity contribution is 5.89. The summed E-state index contributed by atoms with van der Waals surface area (Å²) in [6, 6.07) is 20.1. The molecule has 3 aromatic rings. The Morgan fingerprint density at radius 1 is 1.00 bits per heavy atom. The molecule has 4 rings (SSSR count). The third-order valence-corrected chi connectivity index (χ3v) is 5.30. The van der Waals surface area contributed by atoms with Gasteiger partial charge < -0.3 is 9.47 Å². The van der Waals surface area contributed by atoms with E-state index in [1.54, 1.807) is 36.4 Å². The van der Waals surface area contributed by atoms with Gasteiger partial charge in [-0.3, -0.25) is 15.0 Å². The van der Waals surface area contributed by atoms with Gasteiger partial charge in [0.2, 0.25) is 0 Å². The summed E-state index contributed by atoms with van der Waals surface area (Å²) >= 11 is 0. The summed E-state index contributed by atoms with van der Waals surface area (Å²) < 4.78 is 10.4. The number of esters is 1. The highest BCUT2D eigenvalue weighted by atomic mass is 16.6. The SMILES string of the molecule is COC(=O)c1ccc(COc2ccc(CN3Cc4ccccc4C3)cc2[N+](=O)[O-])cc1. The van der Waals surface area contributed by atoms with Crippen LogP contribution in [0.3, 0.4) is 0 Å². The van der Waals surface area contributed by atoms with Crippen LogP contribution >= 0.6 is 0 Å². The molecule has 158 valence electrons. The van der Waals surface area contributed by atoms with Gasteiger partial charge in [-0.1, -0.05) is 42.5 Å². The molecular weight excluding hydrogens is 396 g/mol. The molecule has 0 N–H and O–H groups in total. The Balaban J connectivity index is 1.43. The summed E-state index contributed by atoms with van der Waals surface area (Å²) in [7, 11) is 1.32. The number of methoxy groups -OCH3 is 1. The highest BCUT2D eigenvalue weighted by Crippen LogP contribution is 2.31. The standard InChI is InChI=1S/C24H22N2O5/c1-30-24(27)19-9-6-17(7-10-19)16-31-23-11-8-18(12-22(23)26(28)29)13-25-14-20-4-2-3-5-21(20)15-25/h2-12H,13-16H2,1H3. The minimum Gasteiger partial charge on any atom is -0.482 e. The average molecular weight is 418 g/mol. The predicted molar refractivity (Wildman–Crippen MR) is 115 cm³/mol. The third kappa shape index (κ3) is 4.73. The van der Waals surface area contributed by atoms with Crippen molar-refractivity contribution in [3.63, 3.8) is 0 Å². The molecule has 0 aliphatic carbocycles. The number of benzene rings is 3. The molecule has 0 unspecified atom stereocenters. The van der Waals surface area contributed by atoms with Crippen molar-refractivity contribution in [3.8, 4) is 5.75 Å². The number of hydrogen-bond donors (Lipinski definition) is 0. The van der Waals surface area contributed by atoms with Gasteiger partial charge in [0.25, 0.3) is 0 Å². The van der Waals surface area contributed by atoms with Gasteiger partial charge in [-0.2, -0.15) is 0 Å². The lowest BCUT2D eigenvalue weighted by Crippen LogP contribution is -2.15. The summed E-state index contributed by atoms with van der Waals surface area (Å²) in [5.41, 5.74) is 4.64. The van der Waals surface area contributed by atoms with E-state index in [2.05, 4.69) is 21.8 Å². The molecule has 0 saturated carbocycles. The van der Waals surface area contributed by atoms with E-state index >= 15 is 0 Å². The fourth-order valence-electron chi connectivity index (χ4n) is 3.72. The Morgan fingerprint density at radius 3 is 2.26 bits per heavy atom. The second-order valence-electron chi connectivity index (χ2n) is 7.45. The molecule has 0 fully saturated rings. The van der Waals surface area contributed by atoms with Crippen LogP contribution in [0.5, 0.6) is 5.75 Å². The van der Waals surface area contributed by atoms with Gasteiger partial charge in [0, 0.05) is 25.7 Å². The summed E-state index contributed by atoms with van der Waals surface area (Å²) in [6.07, 6.45) is 0. The van der Waals surface area contributed by atoms with Crippen molar-refractivity contribution in [2.75, 3.05) is 7.11 Å². The quantitative estimate of drug-likeness (QED) is 0.320. The Labute approximate surface area is 180 Å². The summed E-state index contributed by atoms with van der Waals surface area (Å²) in [6.45, 7) is 2.46. The van der Waals surface area contributed by atoms with Crippen LogP contribution in [-0.4, -0.2) is 22.9 Å². The lowest BCUT2D eigenvalue weighted by atomic mass is 10.1. The molecule has 0 spiro atoms. The number of carbonyl (C=O) groups is 1. The van der Waals surface area contributed by atoms with Gasteiger partial charge in [0.1, 0.15) is 6.61 Å². The van der Waals surface area contributed by atoms with E-state index in [0.29, 0.717) is 12.1 Å². The van der Waals surface area contributed by atoms with Gasteiger partial charge in [-0.15, -0.1) is 0 Å². The molecule has 0 bridgehead atoms. The van der Waals surface area contributed by atoms with Crippen molar-refractivity contribution in [3.05, 3.63) is 105 Å². The van der Waals surface area contributed by atoms with Gasteiger partial charge in [-0.25, -0.2) is 4.79 Å². The minimum absolute atomic E-state index is 0.0552. The van der Waals surface area contributed by atoms with Crippen molar-refractivity contribution >= 4 is 11.7 Å². The fraction of sp³-hybridized carbons (Fsp3) is 0.208. The van der Waals surface area contributed by atoms with Crippen LogP contribution in [0.4, 0.5) is 5.69 Å². The van der Waals surface area contributed by atoms with Crippen LogP contribution in [0.2, 0.25) is 0 Å². The van der Waals surface area contributed by atoms with E-state index in [0.717, 1.165) is 24.2 Å². The first kappa shape index (κ1) is 20.6. The lowest BCUT2D eigenvalue weighted by Gasteiger charge is -2.15. The van der Waals surface area contributed by atoms with Crippen LogP contribution in [0.1, 0.15) is 32.6 Å². The summed E-state index contributed by atoms with van der Waals surface area (Å²) in [5, 5.41) is 11.6. The monoisotopic (exact) mass is 418 g/mol. The van der Waals surface area contributed by atoms with E-state index in [1.165, 1.54) is 18.2 Å². The van der Waals surface area contributed by atoms with Crippen LogP contribution < -0.4 is 4.74 Å². The maximum atomic E-state index is 11.6. The zero-order chi connectivity index (χ0) is 21.8. The highest BCUT2D eigenvalue weighted by Gasteiger charge is 2.21. The largest absolute Gasteiger partial charge is 0.482 e. The predicted octanol–water partition coefficient (Wildman–Crippen LogP) is 4.48. The van der Waals surface area contributed by atoms with Crippen molar-refractivity contribution in [2.24, 2.45) is 0 Å². The van der Waals surface area contributed by atoms with Gasteiger partial charge in [0.15, 0.2) is 5.75 Å². The number of ether oxygens (including phenoxy) is 2. The topological polar surface area (TPSA) is 81.9 Å². The zero-order valence-electron chi connectivity index (χ0n) is 17.1. The summed E-state index contributed by atoms with van der Waals surface area (Å²) in [4.78, 5) is 25.0. The number of nitro benzene ring substituents is 1. The first-order chi connectivity index (χ1) is 15.0. The molecule has 0 radical (unpaired) electrons. The number of hydrogen-bond acceptors (Lipinski definition) is 6. The van der Waals surface area contributed by atoms with E-state index < -0.39 is 10.9 Å². The fourth-order valence-corrected chi connectivity index (χ4v) is 3.72. The molecule has 3 aromatic carbocycles. The Kier molecular flexibility index (Phi) is 5.95.